The van der Waals surface area contributed by atoms with Crippen molar-refractivity contribution in [1.82, 2.24) is 5.32 Å². The largest absolute Gasteiger partial charge is 0.394 e. The number of halogens is 1. The second-order valence-electron chi connectivity index (χ2n) is 4.62. The minimum absolute atomic E-state index is 0.241. The Labute approximate surface area is 132 Å². The van der Waals surface area contributed by atoms with Crippen molar-refractivity contribution in [3.63, 3.8) is 0 Å². The minimum Gasteiger partial charge on any atom is -0.394 e. The van der Waals surface area contributed by atoms with Gasteiger partial charge in [0, 0.05) is 0 Å². The quantitative estimate of drug-likeness (QED) is 0.764. The zero-order valence-electron chi connectivity index (χ0n) is 11.2. The summed E-state index contributed by atoms with van der Waals surface area (Å²) in [5.41, 5.74) is 0.754. The highest BCUT2D eigenvalue weighted by atomic mass is 35.5. The molecule has 0 saturated heterocycles. The molecule has 2 unspecified atom stereocenters. The van der Waals surface area contributed by atoms with Gasteiger partial charge in [-0.1, -0.05) is 41.9 Å². The Morgan fingerprint density at radius 3 is 2.52 bits per heavy atom. The Morgan fingerprint density at radius 2 is 1.95 bits per heavy atom. The average Bonchev–Trinajstić information content (AvgIpc) is 2.94. The summed E-state index contributed by atoms with van der Waals surface area (Å²) < 4.78 is 0.532. The number of carbonyl (C=O) groups excluding carboxylic acids is 1. The van der Waals surface area contributed by atoms with E-state index in [0.717, 1.165) is 5.56 Å². The molecule has 0 aliphatic rings. The smallest absolute Gasteiger partial charge is 0.261 e. The lowest BCUT2D eigenvalue weighted by Gasteiger charge is -2.19. The summed E-state index contributed by atoms with van der Waals surface area (Å²) in [5, 5.41) is 22.2. The first kappa shape index (κ1) is 16.0. The Balaban J connectivity index is 1.95. The van der Waals surface area contributed by atoms with E-state index in [-0.39, 0.29) is 18.9 Å². The first-order valence-electron chi connectivity index (χ1n) is 6.50. The van der Waals surface area contributed by atoms with Crippen LogP contribution in [0.25, 0.3) is 0 Å². The van der Waals surface area contributed by atoms with Crippen LogP contribution in [0, 0.1) is 0 Å². The van der Waals surface area contributed by atoms with Gasteiger partial charge in [0.25, 0.3) is 5.91 Å². The van der Waals surface area contributed by atoms with E-state index in [4.69, 9.17) is 11.6 Å². The molecule has 0 aliphatic carbocycles. The molecule has 0 fully saturated rings. The van der Waals surface area contributed by atoms with Crippen molar-refractivity contribution in [2.75, 3.05) is 6.61 Å². The molecule has 112 valence electrons. The van der Waals surface area contributed by atoms with Crippen molar-refractivity contribution in [1.29, 1.82) is 0 Å². The number of aliphatic hydroxyl groups excluding tert-OH is 2. The Morgan fingerprint density at radius 1 is 1.24 bits per heavy atom. The summed E-state index contributed by atoms with van der Waals surface area (Å²) in [6, 6.07) is 11.9. The van der Waals surface area contributed by atoms with E-state index in [1.54, 1.807) is 24.3 Å². The third-order valence-electron chi connectivity index (χ3n) is 3.04. The van der Waals surface area contributed by atoms with Crippen LogP contribution in [0.5, 0.6) is 0 Å². The van der Waals surface area contributed by atoms with Crippen molar-refractivity contribution in [3.8, 4) is 0 Å². The minimum atomic E-state index is -0.740. The van der Waals surface area contributed by atoms with E-state index in [1.165, 1.54) is 11.3 Å². The fourth-order valence-corrected chi connectivity index (χ4v) is 2.90. The Hall–Kier alpha value is -1.40. The monoisotopic (exact) mass is 325 g/mol. The second-order valence-corrected chi connectivity index (χ2v) is 6.33. The molecule has 4 nitrogen and oxygen atoms in total. The molecule has 0 radical (unpaired) electrons. The predicted octanol–water partition coefficient (Wildman–Crippen LogP) is 2.62. The van der Waals surface area contributed by atoms with Crippen molar-refractivity contribution < 1.29 is 15.0 Å². The van der Waals surface area contributed by atoms with E-state index < -0.39 is 12.1 Å². The average molecular weight is 326 g/mol. The lowest BCUT2D eigenvalue weighted by molar-refractivity contribution is 0.0869. The van der Waals surface area contributed by atoms with Gasteiger partial charge in [-0.25, -0.2) is 0 Å². The number of carbonyl (C=O) groups is 1. The van der Waals surface area contributed by atoms with Crippen LogP contribution in [0.1, 0.15) is 27.8 Å². The van der Waals surface area contributed by atoms with E-state index in [0.29, 0.717) is 9.21 Å². The van der Waals surface area contributed by atoms with Crippen LogP contribution in [-0.2, 0) is 0 Å². The number of benzene rings is 1. The molecular weight excluding hydrogens is 310 g/mol. The van der Waals surface area contributed by atoms with Gasteiger partial charge < -0.3 is 15.5 Å². The zero-order chi connectivity index (χ0) is 15.2. The number of rotatable bonds is 6. The summed E-state index contributed by atoms with van der Waals surface area (Å²) in [5.74, 6) is -0.300. The van der Waals surface area contributed by atoms with Crippen LogP contribution in [0.15, 0.2) is 42.5 Å². The molecule has 3 N–H and O–H groups in total. The maximum atomic E-state index is 12.0. The molecule has 0 spiro atoms. The standard InChI is InChI=1S/C15H16ClNO3S/c16-14-7-6-13(21-14)15(20)17-11(9-18)8-12(19)10-4-2-1-3-5-10/h1-7,11-12,18-19H,8-9H2,(H,17,20). The number of nitrogens with one attached hydrogen (secondary N) is 1. The molecule has 2 rings (SSSR count). The first-order chi connectivity index (χ1) is 10.1. The van der Waals surface area contributed by atoms with Gasteiger partial charge in [-0.05, 0) is 24.1 Å². The van der Waals surface area contributed by atoms with Crippen LogP contribution >= 0.6 is 22.9 Å². The van der Waals surface area contributed by atoms with Crippen LogP contribution < -0.4 is 5.32 Å². The van der Waals surface area contributed by atoms with Crippen molar-refractivity contribution >= 4 is 28.8 Å². The summed E-state index contributed by atoms with van der Waals surface area (Å²) >= 11 is 6.96. The van der Waals surface area contributed by atoms with E-state index in [1.807, 2.05) is 18.2 Å². The molecule has 2 aromatic rings. The molecule has 2 atom stereocenters. The molecule has 0 saturated carbocycles. The van der Waals surface area contributed by atoms with Crippen LogP contribution in [0.2, 0.25) is 4.34 Å². The highest BCUT2D eigenvalue weighted by Crippen LogP contribution is 2.22. The third kappa shape index (κ3) is 4.54. The topological polar surface area (TPSA) is 69.6 Å². The van der Waals surface area contributed by atoms with Gasteiger partial charge in [0.1, 0.15) is 0 Å². The van der Waals surface area contributed by atoms with Crippen LogP contribution in [-0.4, -0.2) is 28.8 Å². The van der Waals surface area contributed by atoms with Gasteiger partial charge in [-0.15, -0.1) is 11.3 Å². The molecule has 21 heavy (non-hydrogen) atoms. The summed E-state index contributed by atoms with van der Waals surface area (Å²) in [7, 11) is 0. The first-order valence-corrected chi connectivity index (χ1v) is 7.69. The number of thiophene rings is 1. The zero-order valence-corrected chi connectivity index (χ0v) is 12.8. The van der Waals surface area contributed by atoms with Gasteiger partial charge in [0.2, 0.25) is 0 Å². The van der Waals surface area contributed by atoms with E-state index in [2.05, 4.69) is 5.32 Å². The SMILES string of the molecule is O=C(NC(CO)CC(O)c1ccccc1)c1ccc(Cl)s1. The van der Waals surface area contributed by atoms with Gasteiger partial charge in [0.05, 0.1) is 28.0 Å². The van der Waals surface area contributed by atoms with E-state index in [9.17, 15) is 15.0 Å². The summed E-state index contributed by atoms with van der Waals surface area (Å²) in [4.78, 5) is 12.5. The normalized spacial score (nSPS) is 13.7. The number of hydrogen-bond donors (Lipinski definition) is 3. The molecular formula is C15H16ClNO3S. The van der Waals surface area contributed by atoms with Gasteiger partial charge in [-0.3, -0.25) is 4.79 Å². The number of aliphatic hydroxyl groups is 2. The molecule has 1 aromatic heterocycles. The molecule has 1 aromatic carbocycles. The lowest BCUT2D eigenvalue weighted by atomic mass is 10.0. The number of amides is 1. The summed E-state index contributed by atoms with van der Waals surface area (Å²) in [6.07, 6.45) is -0.499. The van der Waals surface area contributed by atoms with Gasteiger partial charge in [-0.2, -0.15) is 0 Å². The predicted molar refractivity (Wildman–Crippen MR) is 83.7 cm³/mol. The second kappa shape index (κ2) is 7.56. The van der Waals surface area contributed by atoms with Crippen LogP contribution in [0.4, 0.5) is 0 Å². The Bertz CT molecular complexity index is 588. The molecule has 6 heteroatoms. The van der Waals surface area contributed by atoms with Crippen molar-refractivity contribution in [2.45, 2.75) is 18.6 Å². The highest BCUT2D eigenvalue weighted by Gasteiger charge is 2.19. The molecule has 0 aliphatic heterocycles. The lowest BCUT2D eigenvalue weighted by Crippen LogP contribution is -2.38. The fraction of sp³-hybridized carbons (Fsp3) is 0.267. The maximum Gasteiger partial charge on any atom is 0.261 e. The Kier molecular flexibility index (Phi) is 5.76. The summed E-state index contributed by atoms with van der Waals surface area (Å²) in [6.45, 7) is -0.241. The van der Waals surface area contributed by atoms with Crippen LogP contribution in [0.3, 0.4) is 0 Å². The van der Waals surface area contributed by atoms with Gasteiger partial charge in [0.15, 0.2) is 0 Å². The van der Waals surface area contributed by atoms with Crippen molar-refractivity contribution in [2.24, 2.45) is 0 Å². The van der Waals surface area contributed by atoms with Gasteiger partial charge >= 0.3 is 0 Å². The highest BCUT2D eigenvalue weighted by molar-refractivity contribution is 7.17. The fourth-order valence-electron chi connectivity index (χ4n) is 1.95. The molecule has 1 heterocycles. The van der Waals surface area contributed by atoms with Crippen molar-refractivity contribution in [3.05, 3.63) is 57.2 Å². The molecule has 1 amide bonds. The maximum absolute atomic E-state index is 12.0. The third-order valence-corrected chi connectivity index (χ3v) is 4.27. The molecule has 0 bridgehead atoms. The van der Waals surface area contributed by atoms with E-state index >= 15 is 0 Å². The number of hydrogen-bond acceptors (Lipinski definition) is 4.